The Morgan fingerprint density at radius 3 is 2.10 bits per heavy atom. The number of para-hydroxylation sites is 2. The van der Waals surface area contributed by atoms with Crippen LogP contribution in [0.2, 0.25) is 0 Å². The van der Waals surface area contributed by atoms with Crippen molar-refractivity contribution in [2.45, 2.75) is 26.3 Å². The molecule has 0 aliphatic carbocycles. The Labute approximate surface area is 167 Å². The van der Waals surface area contributed by atoms with Crippen molar-refractivity contribution in [2.24, 2.45) is 5.92 Å². The first-order valence-electron chi connectivity index (χ1n) is 9.39. The van der Waals surface area contributed by atoms with Crippen molar-refractivity contribution in [2.75, 3.05) is 6.61 Å². The standard InChI is InChI=1S/C22H22N2O5/c1-3-29-18(25)12-13(2)20(22(27)28)24-21(26)19-14-8-4-6-10-16(14)23-17-11-7-5-9-15(17)19/h4-11,13,20H,3,12H2,1-2H3,(H,24,26)(H,27,28)/t13-,20-/m1/s1. The molecule has 0 aliphatic rings. The van der Waals surface area contributed by atoms with Crippen molar-refractivity contribution >= 4 is 39.7 Å². The summed E-state index contributed by atoms with van der Waals surface area (Å²) < 4.78 is 4.89. The molecule has 2 N–H and O–H groups in total. The number of ether oxygens (including phenoxy) is 1. The summed E-state index contributed by atoms with van der Waals surface area (Å²) in [6.07, 6.45) is -0.108. The topological polar surface area (TPSA) is 106 Å². The van der Waals surface area contributed by atoms with E-state index in [1.807, 2.05) is 12.1 Å². The third-order valence-corrected chi connectivity index (χ3v) is 4.73. The Morgan fingerprint density at radius 1 is 1.03 bits per heavy atom. The van der Waals surface area contributed by atoms with Gasteiger partial charge in [0.05, 0.1) is 29.6 Å². The van der Waals surface area contributed by atoms with E-state index in [1.54, 1.807) is 50.2 Å². The summed E-state index contributed by atoms with van der Waals surface area (Å²) in [4.78, 5) is 41.3. The summed E-state index contributed by atoms with van der Waals surface area (Å²) in [6, 6.07) is 13.2. The molecule has 0 fully saturated rings. The number of pyridine rings is 1. The second kappa shape index (κ2) is 8.68. The number of aromatic nitrogens is 1. The number of hydrogen-bond donors (Lipinski definition) is 2. The number of nitrogens with zero attached hydrogens (tertiary/aromatic N) is 1. The van der Waals surface area contributed by atoms with Crippen LogP contribution in [-0.4, -0.2) is 40.6 Å². The highest BCUT2D eigenvalue weighted by atomic mass is 16.5. The highest BCUT2D eigenvalue weighted by Gasteiger charge is 2.30. The number of carboxylic acids is 1. The molecule has 3 aromatic rings. The largest absolute Gasteiger partial charge is 0.480 e. The number of carbonyl (C=O) groups excluding carboxylic acids is 2. The van der Waals surface area contributed by atoms with Gasteiger partial charge in [0.15, 0.2) is 0 Å². The van der Waals surface area contributed by atoms with Crippen molar-refractivity contribution < 1.29 is 24.2 Å². The van der Waals surface area contributed by atoms with Crippen LogP contribution in [0.5, 0.6) is 0 Å². The Kier molecular flexibility index (Phi) is 6.07. The molecule has 2 aromatic carbocycles. The van der Waals surface area contributed by atoms with Crippen LogP contribution in [0.25, 0.3) is 21.8 Å². The average Bonchev–Trinajstić information content (AvgIpc) is 2.69. The van der Waals surface area contributed by atoms with Crippen molar-refractivity contribution in [3.8, 4) is 0 Å². The third kappa shape index (κ3) is 4.34. The number of fused-ring (bicyclic) bond motifs is 2. The maximum absolute atomic E-state index is 13.2. The fourth-order valence-corrected chi connectivity index (χ4v) is 3.35. The molecule has 7 heteroatoms. The minimum absolute atomic E-state index is 0.108. The maximum Gasteiger partial charge on any atom is 0.326 e. The zero-order valence-electron chi connectivity index (χ0n) is 16.2. The van der Waals surface area contributed by atoms with E-state index < -0.39 is 29.8 Å². The molecule has 1 aromatic heterocycles. The van der Waals surface area contributed by atoms with E-state index in [9.17, 15) is 19.5 Å². The molecule has 0 spiro atoms. The number of carboxylic acid groups (broad SMARTS) is 1. The zero-order valence-corrected chi connectivity index (χ0v) is 16.2. The lowest BCUT2D eigenvalue weighted by atomic mass is 9.96. The van der Waals surface area contributed by atoms with Gasteiger partial charge >= 0.3 is 11.9 Å². The Bertz CT molecular complexity index is 1030. The molecule has 0 saturated carbocycles. The second-order valence-corrected chi connectivity index (χ2v) is 6.80. The first-order chi connectivity index (χ1) is 13.9. The number of amides is 1. The molecular weight excluding hydrogens is 372 g/mol. The van der Waals surface area contributed by atoms with Gasteiger partial charge in [-0.3, -0.25) is 9.59 Å². The molecular formula is C22H22N2O5. The molecule has 29 heavy (non-hydrogen) atoms. The van der Waals surface area contributed by atoms with Crippen LogP contribution in [0.4, 0.5) is 0 Å². The predicted octanol–water partition coefficient (Wildman–Crippen LogP) is 3.16. The summed E-state index contributed by atoms with van der Waals surface area (Å²) in [7, 11) is 0. The maximum atomic E-state index is 13.2. The van der Waals surface area contributed by atoms with Gasteiger partial charge in [0.1, 0.15) is 6.04 Å². The van der Waals surface area contributed by atoms with Gasteiger partial charge in [-0.15, -0.1) is 0 Å². The van der Waals surface area contributed by atoms with E-state index >= 15 is 0 Å². The van der Waals surface area contributed by atoms with Gasteiger partial charge < -0.3 is 15.2 Å². The van der Waals surface area contributed by atoms with Crippen LogP contribution in [0.15, 0.2) is 48.5 Å². The van der Waals surface area contributed by atoms with Crippen molar-refractivity contribution in [1.82, 2.24) is 10.3 Å². The molecule has 0 saturated heterocycles. The number of carbonyl (C=O) groups is 3. The third-order valence-electron chi connectivity index (χ3n) is 4.73. The van der Waals surface area contributed by atoms with E-state index in [-0.39, 0.29) is 13.0 Å². The van der Waals surface area contributed by atoms with Crippen molar-refractivity contribution in [3.63, 3.8) is 0 Å². The number of benzene rings is 2. The van der Waals surface area contributed by atoms with Crippen LogP contribution in [0, 0.1) is 5.92 Å². The quantitative estimate of drug-likeness (QED) is 0.471. The Hall–Kier alpha value is -3.48. The van der Waals surface area contributed by atoms with Crippen LogP contribution in [0.1, 0.15) is 30.6 Å². The van der Waals surface area contributed by atoms with Gasteiger partial charge in [-0.05, 0) is 25.0 Å². The molecule has 7 nitrogen and oxygen atoms in total. The second-order valence-electron chi connectivity index (χ2n) is 6.80. The molecule has 0 aliphatic heterocycles. The lowest BCUT2D eigenvalue weighted by Gasteiger charge is -2.21. The highest BCUT2D eigenvalue weighted by molar-refractivity contribution is 6.16. The van der Waals surface area contributed by atoms with E-state index in [4.69, 9.17) is 4.74 Å². The zero-order chi connectivity index (χ0) is 21.0. The van der Waals surface area contributed by atoms with Gasteiger partial charge in [0, 0.05) is 10.8 Å². The highest BCUT2D eigenvalue weighted by Crippen LogP contribution is 2.26. The van der Waals surface area contributed by atoms with Crippen LogP contribution in [0.3, 0.4) is 0 Å². The van der Waals surface area contributed by atoms with Crippen molar-refractivity contribution in [3.05, 3.63) is 54.1 Å². The van der Waals surface area contributed by atoms with Gasteiger partial charge in [-0.25, -0.2) is 9.78 Å². The van der Waals surface area contributed by atoms with Gasteiger partial charge in [0.2, 0.25) is 0 Å². The monoisotopic (exact) mass is 394 g/mol. The molecule has 1 heterocycles. The van der Waals surface area contributed by atoms with Gasteiger partial charge in [0.25, 0.3) is 5.91 Å². The molecule has 0 unspecified atom stereocenters. The first kappa shape index (κ1) is 20.3. The molecule has 2 atom stereocenters. The Morgan fingerprint density at radius 2 is 1.59 bits per heavy atom. The molecule has 0 bridgehead atoms. The fourth-order valence-electron chi connectivity index (χ4n) is 3.35. The molecule has 1 amide bonds. The first-order valence-corrected chi connectivity index (χ1v) is 9.39. The Balaban J connectivity index is 1.99. The number of rotatable bonds is 7. The summed E-state index contributed by atoms with van der Waals surface area (Å²) in [5.41, 5.74) is 1.64. The number of aliphatic carboxylic acids is 1. The smallest absolute Gasteiger partial charge is 0.326 e. The van der Waals surface area contributed by atoms with E-state index in [1.165, 1.54) is 0 Å². The summed E-state index contributed by atoms with van der Waals surface area (Å²) in [5.74, 6) is -2.88. The molecule has 150 valence electrons. The van der Waals surface area contributed by atoms with Crippen molar-refractivity contribution in [1.29, 1.82) is 0 Å². The predicted molar refractivity (Wildman–Crippen MR) is 109 cm³/mol. The van der Waals surface area contributed by atoms with Crippen LogP contribution >= 0.6 is 0 Å². The van der Waals surface area contributed by atoms with Gasteiger partial charge in [-0.1, -0.05) is 43.3 Å². The summed E-state index contributed by atoms with van der Waals surface area (Å²) in [6.45, 7) is 3.49. The normalized spacial score (nSPS) is 13.0. The molecule has 3 rings (SSSR count). The SMILES string of the molecule is CCOC(=O)C[C@@H](C)[C@@H](NC(=O)c1c2ccccc2nc2ccccc12)C(=O)O. The number of hydrogen-bond acceptors (Lipinski definition) is 5. The summed E-state index contributed by atoms with van der Waals surface area (Å²) in [5, 5.41) is 13.5. The fraction of sp³-hybridized carbons (Fsp3) is 0.273. The average molecular weight is 394 g/mol. The van der Waals surface area contributed by atoms with E-state index in [0.29, 0.717) is 27.4 Å². The summed E-state index contributed by atoms with van der Waals surface area (Å²) >= 11 is 0. The van der Waals surface area contributed by atoms with Crippen LogP contribution < -0.4 is 5.32 Å². The van der Waals surface area contributed by atoms with Gasteiger partial charge in [-0.2, -0.15) is 0 Å². The lowest BCUT2D eigenvalue weighted by molar-refractivity contribution is -0.145. The van der Waals surface area contributed by atoms with Crippen LogP contribution in [-0.2, 0) is 14.3 Å². The molecule has 0 radical (unpaired) electrons. The lowest BCUT2D eigenvalue weighted by Crippen LogP contribution is -2.46. The van der Waals surface area contributed by atoms with E-state index in [2.05, 4.69) is 10.3 Å². The number of esters is 1. The minimum Gasteiger partial charge on any atom is -0.480 e. The van der Waals surface area contributed by atoms with E-state index in [0.717, 1.165) is 0 Å². The number of nitrogens with one attached hydrogen (secondary N) is 1. The minimum atomic E-state index is -1.24.